The molecule has 0 atom stereocenters. The third-order valence-corrected chi connectivity index (χ3v) is 17.2. The number of benzene rings is 8. The normalized spacial score (nSPS) is 12.1. The van der Waals surface area contributed by atoms with E-state index in [1.165, 1.54) is 22.1 Å². The standard InChI is InChI=1S/C47H35N2O.C17H21FGeN.Ir/c1-47(2,3)36-29-38(32-17-9-5-10-18-32)45(39(30-36)33-19-11-6-12-20-33)49-42-22-14-13-21-41(42)48-46(49)35-24-26-43-40(27-35)37-25-23-34(28-44(37)50-43)31-15-7-4-8-16-31;1-12(2)15-10-17(13-6-8-14(18)9-7-13)20-11-16(15)19(3,4)5;/h4-23,25-30H,1-3H3;6,8-12H,1-5H3;/q2*-1;/i;12D;. The summed E-state index contributed by atoms with van der Waals surface area (Å²) in [6.45, 7) is 10.7. The summed E-state index contributed by atoms with van der Waals surface area (Å²) in [4.78, 5) is 9.86. The molecule has 4 nitrogen and oxygen atoms in total. The van der Waals surface area contributed by atoms with Crippen LogP contribution in [0.5, 0.6) is 0 Å². The van der Waals surface area contributed by atoms with Crippen LogP contribution in [0.15, 0.2) is 193 Å². The van der Waals surface area contributed by atoms with Crippen molar-refractivity contribution in [3.8, 4) is 61.7 Å². The molecule has 0 fully saturated rings. The van der Waals surface area contributed by atoms with E-state index in [1.54, 1.807) is 6.07 Å². The molecule has 0 spiro atoms. The van der Waals surface area contributed by atoms with Gasteiger partial charge in [0.2, 0.25) is 0 Å². The summed E-state index contributed by atoms with van der Waals surface area (Å²) < 4.78 is 31.5. The minimum Gasteiger partial charge on any atom is 0 e. The number of para-hydroxylation sites is 2. The molecule has 11 aromatic rings. The second kappa shape index (κ2) is 20.2. The molecule has 3 heterocycles. The van der Waals surface area contributed by atoms with E-state index in [1.807, 2.05) is 38.2 Å². The number of imidazole rings is 1. The van der Waals surface area contributed by atoms with Crippen LogP contribution in [0.4, 0.5) is 4.39 Å². The number of rotatable bonds is 8. The largest absolute Gasteiger partial charge is 0 e. The molecule has 0 aliphatic rings. The van der Waals surface area contributed by atoms with Gasteiger partial charge in [0.05, 0.1) is 28.1 Å². The Morgan fingerprint density at radius 2 is 1.24 bits per heavy atom. The Hall–Kier alpha value is -6.70. The first-order valence-electron chi connectivity index (χ1n) is 24.4. The molecule has 0 saturated carbocycles. The summed E-state index contributed by atoms with van der Waals surface area (Å²) in [7, 11) is 0. The smallest absolute Gasteiger partial charge is 0 e. The van der Waals surface area contributed by atoms with Crippen LogP contribution in [0.25, 0.3) is 94.7 Å². The van der Waals surface area contributed by atoms with Crippen molar-refractivity contribution in [2.24, 2.45) is 0 Å². The molecule has 355 valence electrons. The fourth-order valence-corrected chi connectivity index (χ4v) is 12.6. The fraction of sp³-hybridized carbons (Fsp3) is 0.156. The molecule has 11 rings (SSSR count). The first-order chi connectivity index (χ1) is 34.0. The summed E-state index contributed by atoms with van der Waals surface area (Å²) in [5, 5.41) is 2.11. The van der Waals surface area contributed by atoms with E-state index in [2.05, 4.69) is 205 Å². The maximum atomic E-state index is 13.0. The van der Waals surface area contributed by atoms with E-state index in [4.69, 9.17) is 10.8 Å². The van der Waals surface area contributed by atoms with Gasteiger partial charge in [-0.25, -0.2) is 0 Å². The van der Waals surface area contributed by atoms with Gasteiger partial charge in [-0.3, -0.25) is 4.98 Å². The summed E-state index contributed by atoms with van der Waals surface area (Å²) in [5.41, 5.74) is 16.3. The second-order valence-electron chi connectivity index (χ2n) is 20.3. The van der Waals surface area contributed by atoms with Crippen LogP contribution in [0.2, 0.25) is 17.3 Å². The maximum absolute atomic E-state index is 13.0. The second-order valence-corrected chi connectivity index (χ2v) is 30.8. The zero-order valence-electron chi connectivity index (χ0n) is 42.4. The van der Waals surface area contributed by atoms with Gasteiger partial charge in [-0.2, -0.15) is 0 Å². The van der Waals surface area contributed by atoms with Gasteiger partial charge >= 0.3 is 125 Å². The first kappa shape index (κ1) is 48.0. The number of fused-ring (bicyclic) bond motifs is 4. The quantitative estimate of drug-likeness (QED) is 0.112. The van der Waals surface area contributed by atoms with Crippen LogP contribution in [-0.4, -0.2) is 27.8 Å². The minimum atomic E-state index is -2.10. The molecule has 0 N–H and O–H groups in total. The average Bonchev–Trinajstić information content (AvgIpc) is 3.94. The zero-order valence-corrected chi connectivity index (χ0v) is 45.9. The van der Waals surface area contributed by atoms with Crippen molar-refractivity contribution >= 4 is 50.6 Å². The predicted molar refractivity (Wildman–Crippen MR) is 293 cm³/mol. The molecule has 0 aliphatic carbocycles. The Kier molecular flexibility index (Phi) is 13.6. The van der Waals surface area contributed by atoms with Crippen molar-refractivity contribution in [3.63, 3.8) is 0 Å². The average molecular weight is 1170 g/mol. The third-order valence-electron chi connectivity index (χ3n) is 13.0. The molecule has 0 bridgehead atoms. The van der Waals surface area contributed by atoms with E-state index in [9.17, 15) is 4.39 Å². The van der Waals surface area contributed by atoms with E-state index >= 15 is 0 Å². The summed E-state index contributed by atoms with van der Waals surface area (Å²) in [6.07, 6.45) is 1.91. The predicted octanol–water partition coefficient (Wildman–Crippen LogP) is 17.0. The summed E-state index contributed by atoms with van der Waals surface area (Å²) in [5.74, 6) is 6.76. The van der Waals surface area contributed by atoms with Gasteiger partial charge < -0.3 is 8.98 Å². The molecule has 0 unspecified atom stereocenters. The Balaban J connectivity index is 0.000000245. The molecule has 71 heavy (non-hydrogen) atoms. The number of halogens is 1. The molecule has 7 heteroatoms. The molecular formula is C64H56FGeIrN3O-2. The summed E-state index contributed by atoms with van der Waals surface area (Å²) in [6, 6.07) is 68.5. The van der Waals surface area contributed by atoms with E-state index in [0.29, 0.717) is 0 Å². The van der Waals surface area contributed by atoms with E-state index in [-0.39, 0.29) is 31.3 Å². The van der Waals surface area contributed by atoms with Gasteiger partial charge in [-0.15, -0.1) is 23.8 Å². The topological polar surface area (TPSA) is 43.9 Å². The summed E-state index contributed by atoms with van der Waals surface area (Å²) >= 11 is -2.10. The van der Waals surface area contributed by atoms with Crippen molar-refractivity contribution in [1.82, 2.24) is 14.5 Å². The van der Waals surface area contributed by atoms with Crippen molar-refractivity contribution < 1.29 is 30.3 Å². The molecule has 0 amide bonds. The zero-order chi connectivity index (χ0) is 49.7. The van der Waals surface area contributed by atoms with E-state index < -0.39 is 19.2 Å². The first-order valence-corrected chi connectivity index (χ1v) is 31.3. The van der Waals surface area contributed by atoms with Gasteiger partial charge in [0.1, 0.15) is 5.58 Å². The maximum Gasteiger partial charge on any atom is 0 e. The van der Waals surface area contributed by atoms with Gasteiger partial charge in [0, 0.05) is 36.6 Å². The van der Waals surface area contributed by atoms with Crippen molar-refractivity contribution in [2.45, 2.75) is 63.2 Å². The van der Waals surface area contributed by atoms with Gasteiger partial charge in [-0.05, 0) is 63.6 Å². The Morgan fingerprint density at radius 3 is 1.83 bits per heavy atom. The number of hydrogen-bond acceptors (Lipinski definition) is 3. The Bertz CT molecular complexity index is 3640. The number of furan rings is 1. The monoisotopic (exact) mass is 1170 g/mol. The van der Waals surface area contributed by atoms with Crippen molar-refractivity contribution in [1.29, 1.82) is 0 Å². The van der Waals surface area contributed by atoms with Crippen LogP contribution < -0.4 is 4.40 Å². The Morgan fingerprint density at radius 1 is 0.634 bits per heavy atom. The van der Waals surface area contributed by atoms with Crippen LogP contribution in [0.1, 0.15) is 53.0 Å². The van der Waals surface area contributed by atoms with Crippen molar-refractivity contribution in [2.75, 3.05) is 0 Å². The van der Waals surface area contributed by atoms with Crippen LogP contribution >= 0.6 is 0 Å². The minimum absolute atomic E-state index is 0. The SMILES string of the molecule is CC(C)(C)c1cc(-c2ccccc2)c(-n2c(-c3[c-]cc4oc5cc(-c6ccccc6)ccc5c4c3)nc3ccccc32)c(-c2ccccc2)c1.[2H]C(C)(C)c1cc(-c2[c-]cc(F)cc2)nc[c]1[Ge]([CH3])([CH3])[CH3].[Ir]. The van der Waals surface area contributed by atoms with E-state index in [0.717, 1.165) is 100 Å². The number of nitrogens with zero attached hydrogens (tertiary/aromatic N) is 3. The third kappa shape index (κ3) is 10.1. The number of aromatic nitrogens is 3. The van der Waals surface area contributed by atoms with Gasteiger partial charge in [0.15, 0.2) is 0 Å². The number of pyridine rings is 1. The van der Waals surface area contributed by atoms with Crippen LogP contribution in [0.3, 0.4) is 0 Å². The van der Waals surface area contributed by atoms with Crippen LogP contribution in [-0.2, 0) is 25.5 Å². The molecule has 3 aromatic heterocycles. The van der Waals surface area contributed by atoms with Crippen molar-refractivity contribution in [3.05, 3.63) is 217 Å². The van der Waals surface area contributed by atoms with Gasteiger partial charge in [-0.1, -0.05) is 141 Å². The molecular weight excluding hydrogens is 1110 g/mol. The van der Waals surface area contributed by atoms with Gasteiger partial charge in [0.25, 0.3) is 0 Å². The molecule has 0 saturated heterocycles. The Labute approximate surface area is 434 Å². The molecule has 0 aliphatic heterocycles. The fourth-order valence-electron chi connectivity index (χ4n) is 9.26. The van der Waals surface area contributed by atoms with Crippen LogP contribution in [0, 0.1) is 17.9 Å². The number of hydrogen-bond donors (Lipinski definition) is 0. The molecule has 8 aromatic carbocycles. The molecule has 1 radical (unpaired) electrons.